The van der Waals surface area contributed by atoms with Crippen molar-refractivity contribution in [3.05, 3.63) is 24.0 Å². The summed E-state index contributed by atoms with van der Waals surface area (Å²) < 4.78 is 65.0. The highest BCUT2D eigenvalue weighted by Crippen LogP contribution is 2.20. The van der Waals surface area contributed by atoms with E-state index >= 15 is 0 Å². The van der Waals surface area contributed by atoms with E-state index in [0.717, 1.165) is 18.2 Å². The second-order valence-electron chi connectivity index (χ2n) is 4.50. The molecular weight excluding hydrogens is 333 g/mol. The Kier molecular flexibility index (Phi) is 6.72. The molecule has 0 aliphatic heterocycles. The monoisotopic (exact) mass is 353 g/mol. The molecule has 0 spiro atoms. The van der Waals surface area contributed by atoms with Gasteiger partial charge in [-0.25, -0.2) is 25.9 Å². The SMILES string of the molecule is CCS(=O)(=O)Nc1ccc(S(=O)(=O)NCCCNC)cc1F. The van der Waals surface area contributed by atoms with Crippen molar-refractivity contribution >= 4 is 25.7 Å². The summed E-state index contributed by atoms with van der Waals surface area (Å²) in [5.74, 6) is -1.16. The zero-order valence-corrected chi connectivity index (χ0v) is 14.0. The van der Waals surface area contributed by atoms with E-state index < -0.39 is 25.9 Å². The van der Waals surface area contributed by atoms with Crippen LogP contribution in [0.5, 0.6) is 0 Å². The molecule has 0 heterocycles. The summed E-state index contributed by atoms with van der Waals surface area (Å²) in [4.78, 5) is -0.256. The number of rotatable bonds is 9. The van der Waals surface area contributed by atoms with Crippen LogP contribution in [0.15, 0.2) is 23.1 Å². The van der Waals surface area contributed by atoms with E-state index in [1.165, 1.54) is 6.92 Å². The Morgan fingerprint density at radius 2 is 1.82 bits per heavy atom. The van der Waals surface area contributed by atoms with Crippen LogP contribution in [-0.2, 0) is 20.0 Å². The summed E-state index contributed by atoms with van der Waals surface area (Å²) in [7, 11) is -5.70. The van der Waals surface area contributed by atoms with E-state index in [1.54, 1.807) is 7.05 Å². The third-order valence-electron chi connectivity index (χ3n) is 2.79. The van der Waals surface area contributed by atoms with Gasteiger partial charge in [0.05, 0.1) is 16.3 Å². The maximum atomic E-state index is 13.9. The van der Waals surface area contributed by atoms with Crippen molar-refractivity contribution in [3.63, 3.8) is 0 Å². The van der Waals surface area contributed by atoms with E-state index in [4.69, 9.17) is 0 Å². The van der Waals surface area contributed by atoms with Crippen LogP contribution in [0.3, 0.4) is 0 Å². The molecule has 1 aromatic carbocycles. The van der Waals surface area contributed by atoms with E-state index in [2.05, 4.69) is 10.0 Å². The Morgan fingerprint density at radius 3 is 2.36 bits per heavy atom. The van der Waals surface area contributed by atoms with Crippen molar-refractivity contribution in [2.24, 2.45) is 0 Å². The Balaban J connectivity index is 2.88. The van der Waals surface area contributed by atoms with E-state index in [9.17, 15) is 21.2 Å². The number of hydrogen-bond donors (Lipinski definition) is 3. The highest BCUT2D eigenvalue weighted by atomic mass is 32.2. The molecule has 1 rings (SSSR count). The van der Waals surface area contributed by atoms with Crippen LogP contribution < -0.4 is 14.8 Å². The average Bonchev–Trinajstić information content (AvgIpc) is 2.45. The molecule has 126 valence electrons. The largest absolute Gasteiger partial charge is 0.320 e. The number of sulfonamides is 2. The molecule has 22 heavy (non-hydrogen) atoms. The molecule has 1 aromatic rings. The minimum absolute atomic E-state index is 0.209. The van der Waals surface area contributed by atoms with E-state index in [1.807, 2.05) is 4.72 Å². The lowest BCUT2D eigenvalue weighted by Crippen LogP contribution is -2.27. The van der Waals surface area contributed by atoms with Crippen molar-refractivity contribution in [1.29, 1.82) is 0 Å². The second kappa shape index (κ2) is 7.86. The number of anilines is 1. The standard InChI is InChI=1S/C12H20FN3O4S2/c1-3-21(17,18)16-12-6-5-10(9-11(12)13)22(19,20)15-8-4-7-14-2/h5-6,9,14-16H,3-4,7-8H2,1-2H3. The van der Waals surface area contributed by atoms with Crippen LogP contribution in [0.1, 0.15) is 13.3 Å². The Morgan fingerprint density at radius 1 is 1.14 bits per heavy atom. The van der Waals surface area contributed by atoms with Gasteiger partial charge in [-0.3, -0.25) is 4.72 Å². The molecule has 7 nitrogen and oxygen atoms in total. The van der Waals surface area contributed by atoms with Crippen LogP contribution in [0.2, 0.25) is 0 Å². The predicted octanol–water partition coefficient (Wildman–Crippen LogP) is 0.475. The fourth-order valence-electron chi connectivity index (χ4n) is 1.54. The molecule has 0 aromatic heterocycles. The third kappa shape index (κ3) is 5.52. The number of benzene rings is 1. The van der Waals surface area contributed by atoms with Gasteiger partial charge in [-0.1, -0.05) is 0 Å². The number of hydrogen-bond acceptors (Lipinski definition) is 5. The van der Waals surface area contributed by atoms with Gasteiger partial charge in [0.2, 0.25) is 20.0 Å². The molecule has 0 atom stereocenters. The lowest BCUT2D eigenvalue weighted by atomic mass is 10.3. The van der Waals surface area contributed by atoms with Gasteiger partial charge in [-0.15, -0.1) is 0 Å². The van der Waals surface area contributed by atoms with Gasteiger partial charge in [0.25, 0.3) is 0 Å². The highest BCUT2D eigenvalue weighted by Gasteiger charge is 2.17. The quantitative estimate of drug-likeness (QED) is 0.560. The predicted molar refractivity (Wildman–Crippen MR) is 83.2 cm³/mol. The zero-order chi connectivity index (χ0) is 16.8. The third-order valence-corrected chi connectivity index (χ3v) is 5.54. The van der Waals surface area contributed by atoms with Crippen LogP contribution in [0, 0.1) is 5.82 Å². The fraction of sp³-hybridized carbons (Fsp3) is 0.500. The molecule has 0 saturated carbocycles. The normalized spacial score (nSPS) is 12.3. The first-order valence-electron chi connectivity index (χ1n) is 6.66. The smallest absolute Gasteiger partial charge is 0.240 e. The van der Waals surface area contributed by atoms with Gasteiger partial charge in [-0.05, 0) is 45.1 Å². The summed E-state index contributed by atoms with van der Waals surface area (Å²) in [6, 6.07) is 3.02. The fourth-order valence-corrected chi connectivity index (χ4v) is 3.27. The molecule has 0 fully saturated rings. The highest BCUT2D eigenvalue weighted by molar-refractivity contribution is 7.92. The topological polar surface area (TPSA) is 104 Å². The number of halogens is 1. The van der Waals surface area contributed by atoms with Crippen LogP contribution in [0.25, 0.3) is 0 Å². The molecular formula is C12H20FN3O4S2. The molecule has 0 bridgehead atoms. The first-order chi connectivity index (χ1) is 10.2. The first kappa shape index (κ1) is 18.8. The van der Waals surface area contributed by atoms with Crippen molar-refractivity contribution in [3.8, 4) is 0 Å². The summed E-state index contributed by atoms with van der Waals surface area (Å²) in [5, 5.41) is 2.88. The van der Waals surface area contributed by atoms with Crippen molar-refractivity contribution in [2.75, 3.05) is 30.6 Å². The molecule has 0 amide bonds. The van der Waals surface area contributed by atoms with E-state index in [-0.39, 0.29) is 22.9 Å². The lowest BCUT2D eigenvalue weighted by molar-refractivity contribution is 0.574. The van der Waals surface area contributed by atoms with Crippen molar-refractivity contribution < 1.29 is 21.2 Å². The average molecular weight is 353 g/mol. The molecule has 3 N–H and O–H groups in total. The Labute approximate surface area is 130 Å². The molecule has 0 radical (unpaired) electrons. The van der Waals surface area contributed by atoms with Gasteiger partial charge in [-0.2, -0.15) is 0 Å². The number of nitrogens with one attached hydrogen (secondary N) is 3. The van der Waals surface area contributed by atoms with Crippen LogP contribution in [-0.4, -0.2) is 42.7 Å². The zero-order valence-electron chi connectivity index (χ0n) is 12.4. The maximum absolute atomic E-state index is 13.9. The summed E-state index contributed by atoms with van der Waals surface area (Å²) in [6.07, 6.45) is 0.590. The van der Waals surface area contributed by atoms with Gasteiger partial charge < -0.3 is 5.32 Å². The molecule has 0 saturated heterocycles. The van der Waals surface area contributed by atoms with Crippen LogP contribution >= 0.6 is 0 Å². The molecule has 10 heteroatoms. The van der Waals surface area contributed by atoms with Gasteiger partial charge >= 0.3 is 0 Å². The summed E-state index contributed by atoms with van der Waals surface area (Å²) >= 11 is 0. The van der Waals surface area contributed by atoms with Gasteiger partial charge in [0.1, 0.15) is 5.82 Å². The summed E-state index contributed by atoms with van der Waals surface area (Å²) in [5.41, 5.74) is -0.281. The Hall–Kier alpha value is -1.23. The maximum Gasteiger partial charge on any atom is 0.240 e. The molecule has 0 aliphatic rings. The summed E-state index contributed by atoms with van der Waals surface area (Å²) in [6.45, 7) is 2.28. The van der Waals surface area contributed by atoms with Crippen molar-refractivity contribution in [2.45, 2.75) is 18.2 Å². The minimum Gasteiger partial charge on any atom is -0.320 e. The van der Waals surface area contributed by atoms with Gasteiger partial charge in [0.15, 0.2) is 0 Å². The molecule has 0 unspecified atom stereocenters. The van der Waals surface area contributed by atoms with Gasteiger partial charge in [0, 0.05) is 6.54 Å². The second-order valence-corrected chi connectivity index (χ2v) is 8.28. The minimum atomic E-state index is -3.82. The van der Waals surface area contributed by atoms with E-state index in [0.29, 0.717) is 13.0 Å². The first-order valence-corrected chi connectivity index (χ1v) is 9.79. The molecule has 0 aliphatic carbocycles. The van der Waals surface area contributed by atoms with Crippen molar-refractivity contribution in [1.82, 2.24) is 10.0 Å². The lowest BCUT2D eigenvalue weighted by Gasteiger charge is -2.10. The van der Waals surface area contributed by atoms with Crippen LogP contribution in [0.4, 0.5) is 10.1 Å². The Bertz CT molecular complexity index is 705.